The number of carbonyl (C=O) groups excluding carboxylic acids is 3. The van der Waals surface area contributed by atoms with E-state index in [2.05, 4.69) is 10.2 Å². The lowest BCUT2D eigenvalue weighted by Crippen LogP contribution is -2.39. The van der Waals surface area contributed by atoms with Gasteiger partial charge in [0, 0.05) is 0 Å². The highest BCUT2D eigenvalue weighted by molar-refractivity contribution is 6.10. The average Bonchev–Trinajstić information content (AvgIpc) is 3.15. The summed E-state index contributed by atoms with van der Waals surface area (Å²) in [4.78, 5) is 38.1. The molecule has 1 aliphatic rings. The number of aromatic amines is 1. The van der Waals surface area contributed by atoms with Gasteiger partial charge in [0.25, 0.3) is 0 Å². The number of hydrogen-bond acceptors (Lipinski definition) is 9. The fourth-order valence-electron chi connectivity index (χ4n) is 2.86. The van der Waals surface area contributed by atoms with Gasteiger partial charge in [-0.15, -0.1) is 0 Å². The number of fused-ring (bicyclic) bond motifs is 1. The fourth-order valence-corrected chi connectivity index (χ4v) is 2.86. The first-order valence-electron chi connectivity index (χ1n) is 7.84. The Hall–Kier alpha value is -3.40. The molecule has 0 saturated carbocycles. The minimum Gasteiger partial charge on any atom is -0.466 e. The van der Waals surface area contributed by atoms with E-state index in [0.29, 0.717) is 16.6 Å². The third-order valence-corrected chi connectivity index (χ3v) is 4.07. The SMILES string of the molecule is COC(=O)C1=C(C(=O)OC)N(c2cccc3[nH]nc(C(=O)OC)c23)COC1. The van der Waals surface area contributed by atoms with Crippen LogP contribution in [0, 0.1) is 0 Å². The Labute approximate surface area is 153 Å². The Morgan fingerprint density at radius 3 is 2.44 bits per heavy atom. The summed E-state index contributed by atoms with van der Waals surface area (Å²) in [5.74, 6) is -2.10. The van der Waals surface area contributed by atoms with Crippen molar-refractivity contribution in [2.75, 3.05) is 39.6 Å². The number of benzene rings is 1. The van der Waals surface area contributed by atoms with Gasteiger partial charge in [-0.2, -0.15) is 5.10 Å². The summed E-state index contributed by atoms with van der Waals surface area (Å²) in [6, 6.07) is 5.08. The van der Waals surface area contributed by atoms with Crippen molar-refractivity contribution in [2.45, 2.75) is 0 Å². The van der Waals surface area contributed by atoms with Gasteiger partial charge >= 0.3 is 17.9 Å². The number of H-pyrrole nitrogens is 1. The molecule has 1 aromatic heterocycles. The molecule has 0 fully saturated rings. The summed E-state index contributed by atoms with van der Waals surface area (Å²) in [7, 11) is 3.65. The largest absolute Gasteiger partial charge is 0.466 e. The molecule has 1 aromatic carbocycles. The Morgan fingerprint density at radius 2 is 1.78 bits per heavy atom. The van der Waals surface area contributed by atoms with Crippen LogP contribution in [0.15, 0.2) is 29.5 Å². The molecule has 1 N–H and O–H groups in total. The van der Waals surface area contributed by atoms with Crippen LogP contribution in [0.25, 0.3) is 10.9 Å². The number of hydrogen-bond donors (Lipinski definition) is 1. The second-order valence-electron chi connectivity index (χ2n) is 5.48. The summed E-state index contributed by atoms with van der Waals surface area (Å²) in [5, 5.41) is 7.15. The van der Waals surface area contributed by atoms with Gasteiger partial charge in [0.15, 0.2) is 5.69 Å². The minimum atomic E-state index is -0.737. The first-order valence-corrected chi connectivity index (χ1v) is 7.84. The number of nitrogens with one attached hydrogen (secondary N) is 1. The molecule has 0 saturated heterocycles. The predicted octanol–water partition coefficient (Wildman–Crippen LogP) is 0.744. The lowest BCUT2D eigenvalue weighted by molar-refractivity contribution is -0.140. The van der Waals surface area contributed by atoms with Crippen LogP contribution < -0.4 is 4.90 Å². The van der Waals surface area contributed by atoms with Crippen molar-refractivity contribution in [2.24, 2.45) is 0 Å². The third kappa shape index (κ3) is 3.10. The molecule has 0 atom stereocenters. The van der Waals surface area contributed by atoms with E-state index in [1.807, 2.05) is 0 Å². The lowest BCUT2D eigenvalue weighted by Gasteiger charge is -2.31. The quantitative estimate of drug-likeness (QED) is 0.609. The zero-order valence-electron chi connectivity index (χ0n) is 14.9. The van der Waals surface area contributed by atoms with Crippen molar-refractivity contribution in [1.29, 1.82) is 0 Å². The molecule has 2 heterocycles. The summed E-state index contributed by atoms with van der Waals surface area (Å²) in [5.41, 5.74) is 0.985. The topological polar surface area (TPSA) is 120 Å². The van der Waals surface area contributed by atoms with E-state index in [-0.39, 0.29) is 30.3 Å². The van der Waals surface area contributed by atoms with Crippen LogP contribution in [0.1, 0.15) is 10.5 Å². The van der Waals surface area contributed by atoms with Crippen LogP contribution in [-0.4, -0.2) is 62.8 Å². The van der Waals surface area contributed by atoms with Crippen LogP contribution in [0.2, 0.25) is 0 Å². The van der Waals surface area contributed by atoms with Gasteiger partial charge in [0.2, 0.25) is 0 Å². The fraction of sp³-hybridized carbons (Fsp3) is 0.294. The summed E-state index contributed by atoms with van der Waals surface area (Å²) in [6.07, 6.45) is 0. The van der Waals surface area contributed by atoms with Crippen LogP contribution >= 0.6 is 0 Å². The molecule has 0 aliphatic carbocycles. The molecule has 3 rings (SSSR count). The number of ether oxygens (including phenoxy) is 4. The normalized spacial score (nSPS) is 14.3. The minimum absolute atomic E-state index is 0.00992. The first kappa shape index (κ1) is 18.4. The summed E-state index contributed by atoms with van der Waals surface area (Å²) in [6.45, 7) is -0.158. The van der Waals surface area contributed by atoms with Crippen LogP contribution in [0.5, 0.6) is 0 Å². The van der Waals surface area contributed by atoms with Gasteiger partial charge < -0.3 is 23.8 Å². The molecule has 2 aromatic rings. The molecule has 0 bridgehead atoms. The Balaban J connectivity index is 2.25. The maximum Gasteiger partial charge on any atom is 0.359 e. The predicted molar refractivity (Wildman–Crippen MR) is 91.8 cm³/mol. The highest BCUT2D eigenvalue weighted by atomic mass is 16.5. The zero-order valence-corrected chi connectivity index (χ0v) is 14.9. The van der Waals surface area contributed by atoms with Crippen molar-refractivity contribution < 1.29 is 33.3 Å². The molecule has 10 heteroatoms. The number of carbonyl (C=O) groups is 3. The van der Waals surface area contributed by atoms with Crippen LogP contribution in [0.3, 0.4) is 0 Å². The average molecular weight is 375 g/mol. The number of anilines is 1. The summed E-state index contributed by atoms with van der Waals surface area (Å²) >= 11 is 0. The molecule has 0 unspecified atom stereocenters. The van der Waals surface area contributed by atoms with E-state index >= 15 is 0 Å². The molecular formula is C17H17N3O7. The maximum atomic E-state index is 12.4. The van der Waals surface area contributed by atoms with Gasteiger partial charge in [0.1, 0.15) is 12.4 Å². The van der Waals surface area contributed by atoms with Crippen molar-refractivity contribution in [1.82, 2.24) is 10.2 Å². The van der Waals surface area contributed by atoms with Crippen LogP contribution in [-0.2, 0) is 28.5 Å². The van der Waals surface area contributed by atoms with Gasteiger partial charge in [0.05, 0.1) is 50.1 Å². The Kier molecular flexibility index (Phi) is 5.08. The number of rotatable bonds is 4. The van der Waals surface area contributed by atoms with Gasteiger partial charge in [-0.05, 0) is 12.1 Å². The van der Waals surface area contributed by atoms with E-state index in [4.69, 9.17) is 18.9 Å². The second kappa shape index (κ2) is 7.46. The smallest absolute Gasteiger partial charge is 0.359 e. The molecular weight excluding hydrogens is 358 g/mol. The number of esters is 3. The van der Waals surface area contributed by atoms with E-state index in [9.17, 15) is 14.4 Å². The van der Waals surface area contributed by atoms with Gasteiger partial charge in [-0.25, -0.2) is 14.4 Å². The number of methoxy groups -OCH3 is 3. The van der Waals surface area contributed by atoms with Gasteiger partial charge in [-0.3, -0.25) is 5.10 Å². The summed E-state index contributed by atoms with van der Waals surface area (Å²) < 4.78 is 19.8. The molecule has 10 nitrogen and oxygen atoms in total. The van der Waals surface area contributed by atoms with Crippen molar-refractivity contribution in [3.05, 3.63) is 35.2 Å². The molecule has 1 aliphatic heterocycles. The maximum absolute atomic E-state index is 12.4. The molecule has 27 heavy (non-hydrogen) atoms. The Bertz CT molecular complexity index is 947. The number of nitrogens with zero attached hydrogens (tertiary/aromatic N) is 2. The van der Waals surface area contributed by atoms with E-state index < -0.39 is 17.9 Å². The standard InChI is InChI=1S/C17H17N3O7/c1-24-15(21)9-7-27-8-20(14(9)17(23)26-3)11-6-4-5-10-12(11)13(19-18-10)16(22)25-2/h4-6H,7-8H2,1-3H3,(H,18,19). The van der Waals surface area contributed by atoms with E-state index in [1.54, 1.807) is 18.2 Å². The molecule has 0 radical (unpaired) electrons. The number of aromatic nitrogens is 2. The Morgan fingerprint density at radius 1 is 1.07 bits per heavy atom. The van der Waals surface area contributed by atoms with Gasteiger partial charge in [-0.1, -0.05) is 6.07 Å². The highest BCUT2D eigenvalue weighted by Crippen LogP contribution is 2.34. The second-order valence-corrected chi connectivity index (χ2v) is 5.48. The van der Waals surface area contributed by atoms with Crippen LogP contribution in [0.4, 0.5) is 5.69 Å². The zero-order chi connectivity index (χ0) is 19.6. The monoisotopic (exact) mass is 375 g/mol. The lowest BCUT2D eigenvalue weighted by atomic mass is 10.1. The van der Waals surface area contributed by atoms with Crippen molar-refractivity contribution in [3.63, 3.8) is 0 Å². The first-order chi connectivity index (χ1) is 13.0. The van der Waals surface area contributed by atoms with Crippen molar-refractivity contribution >= 4 is 34.5 Å². The molecule has 0 amide bonds. The van der Waals surface area contributed by atoms with Crippen molar-refractivity contribution in [3.8, 4) is 0 Å². The molecule has 142 valence electrons. The third-order valence-electron chi connectivity index (χ3n) is 4.07. The van der Waals surface area contributed by atoms with E-state index in [1.165, 1.54) is 26.2 Å². The van der Waals surface area contributed by atoms with E-state index in [0.717, 1.165) is 0 Å². The molecule has 0 spiro atoms. The highest BCUT2D eigenvalue weighted by Gasteiger charge is 2.34.